The Hall–Kier alpha value is -2.56. The maximum atomic E-state index is 12.6. The molecular weight excluding hydrogens is 419 g/mol. The van der Waals surface area contributed by atoms with Gasteiger partial charge in [0.15, 0.2) is 0 Å². The summed E-state index contributed by atoms with van der Waals surface area (Å²) in [5, 5.41) is 2.50. The van der Waals surface area contributed by atoms with Gasteiger partial charge in [0.2, 0.25) is 0 Å². The Morgan fingerprint density at radius 2 is 1.75 bits per heavy atom. The number of benzene rings is 2. The average molecular weight is 443 g/mol. The number of imide groups is 1. The van der Waals surface area contributed by atoms with Gasteiger partial charge < -0.3 is 0 Å². The fourth-order valence-electron chi connectivity index (χ4n) is 2.97. The van der Waals surface area contributed by atoms with Gasteiger partial charge in [-0.25, -0.2) is 0 Å². The number of ether oxygens (including phenoxy) is 1. The molecule has 2 atom stereocenters. The molecular formula is C22H24N2O3Se. The van der Waals surface area contributed by atoms with Crippen molar-refractivity contribution in [1.29, 1.82) is 0 Å². The van der Waals surface area contributed by atoms with E-state index in [2.05, 4.69) is 5.32 Å². The van der Waals surface area contributed by atoms with Crippen LogP contribution in [0, 0.1) is 5.41 Å². The number of carbonyl (C=O) groups excluding carboxylic acids is 2. The molecule has 1 saturated heterocycles. The summed E-state index contributed by atoms with van der Waals surface area (Å²) in [6.45, 7) is 4.01. The molecule has 1 N–H and O–H groups in total. The Bertz CT molecular complexity index is 841. The molecule has 0 bridgehead atoms. The monoisotopic (exact) mass is 444 g/mol. The van der Waals surface area contributed by atoms with Crippen molar-refractivity contribution in [3.05, 3.63) is 72.5 Å². The molecule has 146 valence electrons. The van der Waals surface area contributed by atoms with Gasteiger partial charge in [0.25, 0.3) is 0 Å². The van der Waals surface area contributed by atoms with Crippen molar-refractivity contribution >= 4 is 37.4 Å². The number of nitrogens with zero attached hydrogens (tertiary/aromatic N) is 1. The predicted octanol–water partition coefficient (Wildman–Crippen LogP) is 2.96. The van der Waals surface area contributed by atoms with E-state index in [0.29, 0.717) is 6.42 Å². The fourth-order valence-corrected chi connectivity index (χ4v) is 5.89. The summed E-state index contributed by atoms with van der Waals surface area (Å²) < 4.78 is 6.82. The minimum absolute atomic E-state index is 0.0913. The zero-order valence-electron chi connectivity index (χ0n) is 16.0. The normalized spacial score (nSPS) is 22.4. The summed E-state index contributed by atoms with van der Waals surface area (Å²) >= 11 is -0.0913. The third-order valence-electron chi connectivity index (χ3n) is 4.92. The molecule has 1 fully saturated rings. The number of carbonyl (C=O) groups is 2. The summed E-state index contributed by atoms with van der Waals surface area (Å²) in [4.78, 5) is 26.6. The molecule has 0 aliphatic carbocycles. The molecule has 0 spiro atoms. The molecule has 28 heavy (non-hydrogen) atoms. The number of hydrogen-bond donors (Lipinski definition) is 1. The van der Waals surface area contributed by atoms with Crippen LogP contribution in [0.5, 0.6) is 0 Å². The standard InChI is InChI=1S/C22H24N2O3Se/c1-3-22(2)19(25)23-21(26)24(20(22)28-18-12-8-5-9-13-18)16-27-15-14-17-10-6-4-7-11-17/h4-15,20H,3,16H2,1-2H3,(H,23,25,26). The summed E-state index contributed by atoms with van der Waals surface area (Å²) in [6.07, 6.45) is 4.08. The Morgan fingerprint density at radius 1 is 1.11 bits per heavy atom. The van der Waals surface area contributed by atoms with E-state index < -0.39 is 11.4 Å². The van der Waals surface area contributed by atoms with Crippen LogP contribution in [0.1, 0.15) is 25.8 Å². The molecule has 5 nitrogen and oxygen atoms in total. The Morgan fingerprint density at radius 3 is 2.39 bits per heavy atom. The van der Waals surface area contributed by atoms with E-state index in [1.54, 1.807) is 11.2 Å². The first-order valence-corrected chi connectivity index (χ1v) is 11.1. The van der Waals surface area contributed by atoms with E-state index in [1.165, 1.54) is 0 Å². The second-order valence-electron chi connectivity index (χ2n) is 6.79. The van der Waals surface area contributed by atoms with Crippen LogP contribution in [-0.4, -0.2) is 43.5 Å². The van der Waals surface area contributed by atoms with Crippen LogP contribution in [0.3, 0.4) is 0 Å². The van der Waals surface area contributed by atoms with Gasteiger partial charge in [0.05, 0.1) is 0 Å². The molecule has 3 rings (SSSR count). The molecule has 2 aromatic carbocycles. The van der Waals surface area contributed by atoms with E-state index in [-0.39, 0.29) is 32.5 Å². The van der Waals surface area contributed by atoms with Gasteiger partial charge in [0, 0.05) is 0 Å². The third kappa shape index (κ3) is 4.46. The summed E-state index contributed by atoms with van der Waals surface area (Å²) in [7, 11) is 0. The molecule has 1 aliphatic heterocycles. The number of nitrogens with one attached hydrogen (secondary N) is 1. The Kier molecular flexibility index (Phi) is 6.55. The van der Waals surface area contributed by atoms with Crippen LogP contribution in [0.25, 0.3) is 6.08 Å². The minimum atomic E-state index is -0.656. The van der Waals surface area contributed by atoms with Crippen molar-refractivity contribution in [2.75, 3.05) is 6.73 Å². The SMILES string of the molecule is CCC1(C)C(=O)NC(=O)N(COC=Cc2ccccc2)C1[Se]c1ccccc1. The van der Waals surface area contributed by atoms with E-state index >= 15 is 0 Å². The third-order valence-corrected chi connectivity index (χ3v) is 8.16. The number of amides is 3. The van der Waals surface area contributed by atoms with Crippen molar-refractivity contribution in [2.24, 2.45) is 5.41 Å². The van der Waals surface area contributed by atoms with Crippen LogP contribution in [-0.2, 0) is 9.53 Å². The average Bonchev–Trinajstić information content (AvgIpc) is 2.72. The van der Waals surface area contributed by atoms with Crippen molar-refractivity contribution < 1.29 is 14.3 Å². The molecule has 0 radical (unpaired) electrons. The molecule has 2 unspecified atom stereocenters. The van der Waals surface area contributed by atoms with E-state index in [1.807, 2.05) is 80.6 Å². The van der Waals surface area contributed by atoms with Crippen LogP contribution in [0.15, 0.2) is 66.9 Å². The summed E-state index contributed by atoms with van der Waals surface area (Å²) in [5.41, 5.74) is 0.361. The second kappa shape index (κ2) is 9.09. The first-order chi connectivity index (χ1) is 13.5. The van der Waals surface area contributed by atoms with Crippen LogP contribution in [0.4, 0.5) is 4.79 Å². The van der Waals surface area contributed by atoms with Crippen molar-refractivity contribution in [3.8, 4) is 0 Å². The molecule has 3 amide bonds. The first-order valence-electron chi connectivity index (χ1n) is 9.21. The molecule has 0 aromatic heterocycles. The number of hydrogen-bond acceptors (Lipinski definition) is 3. The summed E-state index contributed by atoms with van der Waals surface area (Å²) in [6, 6.07) is 19.4. The van der Waals surface area contributed by atoms with Crippen LogP contribution in [0.2, 0.25) is 0 Å². The predicted molar refractivity (Wildman–Crippen MR) is 111 cm³/mol. The van der Waals surface area contributed by atoms with Gasteiger partial charge in [0.1, 0.15) is 0 Å². The maximum absolute atomic E-state index is 12.6. The zero-order chi connectivity index (χ0) is 20.0. The Labute approximate surface area is 171 Å². The van der Waals surface area contributed by atoms with Gasteiger partial charge in [-0.3, -0.25) is 0 Å². The summed E-state index contributed by atoms with van der Waals surface area (Å²) in [5.74, 6) is -0.209. The molecule has 0 saturated carbocycles. The van der Waals surface area contributed by atoms with Gasteiger partial charge in [-0.1, -0.05) is 0 Å². The zero-order valence-corrected chi connectivity index (χ0v) is 17.7. The molecule has 2 aromatic rings. The molecule has 1 heterocycles. The molecule has 1 aliphatic rings. The van der Waals surface area contributed by atoms with E-state index in [4.69, 9.17) is 4.74 Å². The fraction of sp³-hybridized carbons (Fsp3) is 0.273. The van der Waals surface area contributed by atoms with Gasteiger partial charge in [-0.15, -0.1) is 0 Å². The van der Waals surface area contributed by atoms with Gasteiger partial charge in [-0.2, -0.15) is 0 Å². The van der Waals surface area contributed by atoms with Crippen LogP contribution < -0.4 is 9.78 Å². The van der Waals surface area contributed by atoms with Gasteiger partial charge in [-0.05, 0) is 0 Å². The van der Waals surface area contributed by atoms with E-state index in [0.717, 1.165) is 10.0 Å². The van der Waals surface area contributed by atoms with Crippen molar-refractivity contribution in [2.45, 2.75) is 25.2 Å². The Balaban J connectivity index is 1.77. The quantitative estimate of drug-likeness (QED) is 0.529. The van der Waals surface area contributed by atoms with Crippen molar-refractivity contribution in [3.63, 3.8) is 0 Å². The van der Waals surface area contributed by atoms with Crippen molar-refractivity contribution in [1.82, 2.24) is 10.2 Å². The molecule has 6 heteroatoms. The number of rotatable bonds is 7. The van der Waals surface area contributed by atoms with Crippen LogP contribution >= 0.6 is 0 Å². The number of urea groups is 1. The second-order valence-corrected chi connectivity index (χ2v) is 9.21. The topological polar surface area (TPSA) is 58.6 Å². The van der Waals surface area contributed by atoms with Gasteiger partial charge >= 0.3 is 172 Å². The van der Waals surface area contributed by atoms with E-state index in [9.17, 15) is 9.59 Å². The first kappa shape index (κ1) is 20.2.